The van der Waals surface area contributed by atoms with E-state index in [0.717, 1.165) is 0 Å². The van der Waals surface area contributed by atoms with Crippen LogP contribution in [0.1, 0.15) is 20.8 Å². The monoisotopic (exact) mass is 404 g/mol. The van der Waals surface area contributed by atoms with Crippen LogP contribution in [0.4, 0.5) is 0 Å². The third-order valence-corrected chi connectivity index (χ3v) is 1.10. The summed E-state index contributed by atoms with van der Waals surface area (Å²) in [7, 11) is 0. The molecule has 114 valence electrons. The topological polar surface area (TPSA) is 143 Å². The molecule has 5 N–H and O–H groups in total. The van der Waals surface area contributed by atoms with Crippen LogP contribution in [0, 0.1) is 0 Å². The maximum Gasteiger partial charge on any atom is 0.330 e. The Balaban J connectivity index is -0.0000000375. The molecule has 0 amide bonds. The second-order valence-electron chi connectivity index (χ2n) is 3.26. The van der Waals surface area contributed by atoms with Gasteiger partial charge in [-0.3, -0.25) is 0 Å². The molecule has 0 aromatic carbocycles. The summed E-state index contributed by atoms with van der Waals surface area (Å²) in [5.41, 5.74) is 0.528. The van der Waals surface area contributed by atoms with Gasteiger partial charge in [0.1, 0.15) is 0 Å². The SMILES string of the molecule is C=C(C)C(=O)O.C=C(C)C(=O)O.C=C(C)C(=O)O.O.[Zn].[Zn]. The van der Waals surface area contributed by atoms with Gasteiger partial charge in [0.05, 0.1) is 0 Å². The van der Waals surface area contributed by atoms with Crippen LogP contribution in [0.5, 0.6) is 0 Å². The van der Waals surface area contributed by atoms with Crippen LogP contribution in [0.15, 0.2) is 36.5 Å². The molecule has 0 aromatic rings. The first-order valence-electron chi connectivity index (χ1n) is 4.59. The first-order valence-corrected chi connectivity index (χ1v) is 4.59. The van der Waals surface area contributed by atoms with Gasteiger partial charge in [0.25, 0.3) is 0 Å². The van der Waals surface area contributed by atoms with Gasteiger partial charge in [0.2, 0.25) is 0 Å². The fourth-order valence-corrected chi connectivity index (χ4v) is 0. The Morgan fingerprint density at radius 1 is 0.619 bits per heavy atom. The molecule has 21 heavy (non-hydrogen) atoms. The molecule has 0 aromatic heterocycles. The van der Waals surface area contributed by atoms with Gasteiger partial charge in [-0.2, -0.15) is 0 Å². The molecular formula is C12H20O7Zn2. The van der Waals surface area contributed by atoms with Crippen molar-refractivity contribution < 1.29 is 74.1 Å². The van der Waals surface area contributed by atoms with Crippen LogP contribution in [0.2, 0.25) is 0 Å². The zero-order chi connectivity index (χ0) is 15.5. The van der Waals surface area contributed by atoms with E-state index in [1.54, 1.807) is 0 Å². The fraction of sp³-hybridized carbons (Fsp3) is 0.250. The number of rotatable bonds is 3. The summed E-state index contributed by atoms with van der Waals surface area (Å²) in [6, 6.07) is 0. The summed E-state index contributed by atoms with van der Waals surface area (Å²) in [5.74, 6) is -2.81. The van der Waals surface area contributed by atoms with Gasteiger partial charge in [-0.05, 0) is 20.8 Å². The number of carboxylic acids is 3. The van der Waals surface area contributed by atoms with Crippen molar-refractivity contribution in [2.45, 2.75) is 20.8 Å². The summed E-state index contributed by atoms with van der Waals surface area (Å²) in [4.78, 5) is 28.8. The Kier molecular flexibility index (Phi) is 37.0. The van der Waals surface area contributed by atoms with Crippen molar-refractivity contribution in [1.29, 1.82) is 0 Å². The second-order valence-corrected chi connectivity index (χ2v) is 3.26. The van der Waals surface area contributed by atoms with Crippen molar-refractivity contribution >= 4 is 17.9 Å². The van der Waals surface area contributed by atoms with Crippen molar-refractivity contribution in [2.75, 3.05) is 0 Å². The van der Waals surface area contributed by atoms with E-state index in [0.29, 0.717) is 0 Å². The van der Waals surface area contributed by atoms with Crippen LogP contribution < -0.4 is 0 Å². The van der Waals surface area contributed by atoms with Crippen molar-refractivity contribution in [3.8, 4) is 0 Å². The third kappa shape index (κ3) is 45.5. The second kappa shape index (κ2) is 21.1. The Bertz CT molecular complexity index is 283. The van der Waals surface area contributed by atoms with Crippen molar-refractivity contribution in [3.05, 3.63) is 36.5 Å². The molecule has 0 unspecified atom stereocenters. The summed E-state index contributed by atoms with van der Waals surface area (Å²) in [6.07, 6.45) is 0. The van der Waals surface area contributed by atoms with Gasteiger partial charge in [0, 0.05) is 55.7 Å². The molecule has 0 radical (unpaired) electrons. The van der Waals surface area contributed by atoms with Crippen LogP contribution in [-0.2, 0) is 53.3 Å². The largest absolute Gasteiger partial charge is 0.478 e. The smallest absolute Gasteiger partial charge is 0.330 e. The predicted molar refractivity (Wildman–Crippen MR) is 71.0 cm³/mol. The van der Waals surface area contributed by atoms with Crippen LogP contribution in [0.3, 0.4) is 0 Å². The maximum atomic E-state index is 9.60. The van der Waals surface area contributed by atoms with Gasteiger partial charge in [0.15, 0.2) is 0 Å². The van der Waals surface area contributed by atoms with Crippen molar-refractivity contribution in [2.24, 2.45) is 0 Å². The zero-order valence-electron chi connectivity index (χ0n) is 12.6. The molecule has 0 rings (SSSR count). The molecule has 0 spiro atoms. The van der Waals surface area contributed by atoms with E-state index in [4.69, 9.17) is 15.3 Å². The first kappa shape index (κ1) is 36.8. The van der Waals surface area contributed by atoms with Gasteiger partial charge in [-0.1, -0.05) is 19.7 Å². The van der Waals surface area contributed by atoms with Crippen LogP contribution >= 0.6 is 0 Å². The Morgan fingerprint density at radius 3 is 0.667 bits per heavy atom. The summed E-state index contributed by atoms with van der Waals surface area (Å²) >= 11 is 0. The minimum Gasteiger partial charge on any atom is -0.478 e. The fourth-order valence-electron chi connectivity index (χ4n) is 0. The summed E-state index contributed by atoms with van der Waals surface area (Å²) in [6.45, 7) is 13.8. The predicted octanol–water partition coefficient (Wildman–Crippen LogP) is 1.11. The van der Waals surface area contributed by atoms with E-state index in [-0.39, 0.29) is 61.2 Å². The maximum absolute atomic E-state index is 9.60. The molecule has 0 aliphatic rings. The molecule has 0 bridgehead atoms. The minimum absolute atomic E-state index is 0. The van der Waals surface area contributed by atoms with Gasteiger partial charge in [-0.25, -0.2) is 14.4 Å². The molecule has 7 nitrogen and oxygen atoms in total. The normalized spacial score (nSPS) is 6.43. The van der Waals surface area contributed by atoms with Gasteiger partial charge in [-0.15, -0.1) is 0 Å². The summed E-state index contributed by atoms with van der Waals surface area (Å²) in [5, 5.41) is 23.7. The average Bonchev–Trinajstić information content (AvgIpc) is 2.18. The molecule has 0 atom stereocenters. The van der Waals surface area contributed by atoms with E-state index in [2.05, 4.69) is 19.7 Å². The molecule has 0 aliphatic carbocycles. The molecule has 0 heterocycles. The zero-order valence-corrected chi connectivity index (χ0v) is 18.5. The number of hydrogen-bond donors (Lipinski definition) is 3. The number of carbonyl (C=O) groups is 3. The Labute approximate surface area is 149 Å². The van der Waals surface area contributed by atoms with Crippen LogP contribution in [0.25, 0.3) is 0 Å². The quantitative estimate of drug-likeness (QED) is 0.473. The molecule has 0 aliphatic heterocycles. The Hall–Kier alpha value is -1.16. The molecular weight excluding hydrogens is 387 g/mol. The number of aliphatic carboxylic acids is 3. The Morgan fingerprint density at radius 2 is 0.667 bits per heavy atom. The van der Waals surface area contributed by atoms with E-state index in [9.17, 15) is 14.4 Å². The van der Waals surface area contributed by atoms with E-state index in [1.807, 2.05) is 0 Å². The number of carboxylic acid groups (broad SMARTS) is 3. The number of hydrogen-bond acceptors (Lipinski definition) is 3. The molecule has 0 fully saturated rings. The van der Waals surface area contributed by atoms with Crippen molar-refractivity contribution in [3.63, 3.8) is 0 Å². The van der Waals surface area contributed by atoms with Gasteiger partial charge < -0.3 is 20.8 Å². The van der Waals surface area contributed by atoms with Crippen LogP contribution in [-0.4, -0.2) is 38.7 Å². The first-order chi connectivity index (χ1) is 7.93. The average molecular weight is 407 g/mol. The van der Waals surface area contributed by atoms with E-state index in [1.165, 1.54) is 20.8 Å². The summed E-state index contributed by atoms with van der Waals surface area (Å²) < 4.78 is 0. The van der Waals surface area contributed by atoms with E-state index >= 15 is 0 Å². The third-order valence-electron chi connectivity index (χ3n) is 1.10. The molecule has 0 saturated heterocycles. The minimum atomic E-state index is -0.935. The molecule has 9 heteroatoms. The molecule has 0 saturated carbocycles. The van der Waals surface area contributed by atoms with Crippen molar-refractivity contribution in [1.82, 2.24) is 0 Å². The van der Waals surface area contributed by atoms with E-state index < -0.39 is 17.9 Å². The van der Waals surface area contributed by atoms with Gasteiger partial charge >= 0.3 is 17.9 Å². The standard InChI is InChI=1S/3C4H6O2.H2O.2Zn/c3*1-3(2)4(5)6;;;/h3*1H2,2H3,(H,5,6);1H2;;.